The molecule has 2 saturated heterocycles. The molecule has 1 amide bonds. The summed E-state index contributed by atoms with van der Waals surface area (Å²) in [6, 6.07) is 12.2. The molecule has 1 aromatic carbocycles. The predicted molar refractivity (Wildman–Crippen MR) is 129 cm³/mol. The Labute approximate surface area is 195 Å². The van der Waals surface area contributed by atoms with E-state index >= 15 is 0 Å². The molecule has 7 nitrogen and oxygen atoms in total. The van der Waals surface area contributed by atoms with E-state index in [-0.39, 0.29) is 11.8 Å². The first-order chi connectivity index (χ1) is 16.2. The zero-order chi connectivity index (χ0) is 22.6. The number of rotatable bonds is 6. The lowest BCUT2D eigenvalue weighted by Crippen LogP contribution is -2.39. The third kappa shape index (κ3) is 4.92. The molecule has 172 valence electrons. The molecule has 2 aliphatic rings. The van der Waals surface area contributed by atoms with Crippen molar-refractivity contribution in [2.75, 3.05) is 31.1 Å². The van der Waals surface area contributed by atoms with Crippen LogP contribution in [0.1, 0.15) is 49.3 Å². The molecule has 0 radical (unpaired) electrons. The van der Waals surface area contributed by atoms with E-state index in [1.165, 1.54) is 18.4 Å². The third-order valence-corrected chi connectivity index (χ3v) is 6.80. The molecule has 0 bridgehead atoms. The van der Waals surface area contributed by atoms with E-state index in [1.807, 2.05) is 47.1 Å². The molecular formula is C26H32N6O. The van der Waals surface area contributed by atoms with Crippen LogP contribution < -0.4 is 4.90 Å². The number of amides is 1. The van der Waals surface area contributed by atoms with E-state index in [2.05, 4.69) is 28.2 Å². The Morgan fingerprint density at radius 1 is 1.06 bits per heavy atom. The Morgan fingerprint density at radius 3 is 2.70 bits per heavy atom. The minimum atomic E-state index is 0.223. The number of nitrogens with zero attached hydrogens (tertiary/aromatic N) is 6. The van der Waals surface area contributed by atoms with Crippen LogP contribution in [0, 0.1) is 0 Å². The lowest BCUT2D eigenvalue weighted by Gasteiger charge is -2.32. The quantitative estimate of drug-likeness (QED) is 0.578. The number of piperidine rings is 1. The number of aryl methyl sites for hydroxylation is 2. The van der Waals surface area contributed by atoms with Gasteiger partial charge >= 0.3 is 0 Å². The van der Waals surface area contributed by atoms with Crippen LogP contribution in [0.5, 0.6) is 0 Å². The van der Waals surface area contributed by atoms with Crippen LogP contribution in [0.2, 0.25) is 0 Å². The van der Waals surface area contributed by atoms with Crippen LogP contribution in [0.25, 0.3) is 11.3 Å². The van der Waals surface area contributed by atoms with Crippen molar-refractivity contribution in [2.24, 2.45) is 7.05 Å². The van der Waals surface area contributed by atoms with Gasteiger partial charge in [-0.25, -0.2) is 9.97 Å². The van der Waals surface area contributed by atoms with Gasteiger partial charge in [0.05, 0.1) is 11.4 Å². The van der Waals surface area contributed by atoms with Crippen molar-refractivity contribution in [3.63, 3.8) is 0 Å². The van der Waals surface area contributed by atoms with Crippen LogP contribution in [0.15, 0.2) is 48.8 Å². The van der Waals surface area contributed by atoms with Crippen molar-refractivity contribution in [1.29, 1.82) is 0 Å². The minimum Gasteiger partial charge on any atom is -0.342 e. The number of carbonyl (C=O) groups excluding carboxylic acids is 1. The van der Waals surface area contributed by atoms with Crippen molar-refractivity contribution in [1.82, 2.24) is 24.6 Å². The molecule has 3 aromatic rings. The number of anilines is 1. The molecule has 2 fully saturated rings. The highest BCUT2D eigenvalue weighted by Gasteiger charge is 2.29. The molecule has 0 unspecified atom stereocenters. The Kier molecular flexibility index (Phi) is 6.37. The van der Waals surface area contributed by atoms with E-state index in [4.69, 9.17) is 10.1 Å². The zero-order valence-corrected chi connectivity index (χ0v) is 19.4. The molecule has 0 aliphatic carbocycles. The van der Waals surface area contributed by atoms with Crippen molar-refractivity contribution < 1.29 is 4.79 Å². The van der Waals surface area contributed by atoms with Gasteiger partial charge in [0.15, 0.2) is 0 Å². The van der Waals surface area contributed by atoms with Gasteiger partial charge in [0, 0.05) is 63.5 Å². The molecule has 2 aromatic heterocycles. The highest BCUT2D eigenvalue weighted by molar-refractivity contribution is 5.76. The van der Waals surface area contributed by atoms with Crippen molar-refractivity contribution >= 4 is 11.9 Å². The van der Waals surface area contributed by atoms with Gasteiger partial charge in [0.2, 0.25) is 11.9 Å². The lowest BCUT2D eigenvalue weighted by molar-refractivity contribution is -0.132. The Hall–Kier alpha value is -3.22. The van der Waals surface area contributed by atoms with Gasteiger partial charge in [-0.3, -0.25) is 9.48 Å². The molecule has 0 spiro atoms. The minimum absolute atomic E-state index is 0.223. The van der Waals surface area contributed by atoms with Gasteiger partial charge < -0.3 is 9.80 Å². The van der Waals surface area contributed by atoms with Crippen LogP contribution in [0.3, 0.4) is 0 Å². The van der Waals surface area contributed by atoms with E-state index in [0.29, 0.717) is 6.42 Å². The second kappa shape index (κ2) is 9.73. The standard InChI is InChI=1S/C26H32N6O/c1-30-19-22(23-13-14-27-26(28-23)31-15-5-6-16-31)25(29-30)21-10-7-17-32(18-21)24(33)12-11-20-8-3-2-4-9-20/h2-4,8-9,13-14,19,21H,5-7,10-12,15-18H2,1H3/t21-/m0/s1. The van der Waals surface area contributed by atoms with Crippen molar-refractivity contribution in [2.45, 2.75) is 44.4 Å². The normalized spacial score (nSPS) is 18.6. The molecule has 4 heterocycles. The summed E-state index contributed by atoms with van der Waals surface area (Å²) in [5, 5.41) is 4.83. The average Bonchev–Trinajstić information content (AvgIpc) is 3.54. The molecule has 1 atom stereocenters. The SMILES string of the molecule is Cn1cc(-c2ccnc(N3CCCC3)n2)c([C@H]2CCCN(C(=O)CCc3ccccc3)C2)n1. The van der Waals surface area contributed by atoms with Crippen LogP contribution in [-0.2, 0) is 18.3 Å². The maximum absolute atomic E-state index is 13.0. The fourth-order valence-electron chi connectivity index (χ4n) is 5.05. The van der Waals surface area contributed by atoms with Crippen LogP contribution >= 0.6 is 0 Å². The summed E-state index contributed by atoms with van der Waals surface area (Å²) in [4.78, 5) is 26.7. The fraction of sp³-hybridized carbons (Fsp3) is 0.462. The summed E-state index contributed by atoms with van der Waals surface area (Å²) in [7, 11) is 1.96. The number of hydrogen-bond donors (Lipinski definition) is 0. The van der Waals surface area contributed by atoms with Crippen LogP contribution in [0.4, 0.5) is 5.95 Å². The first-order valence-corrected chi connectivity index (χ1v) is 12.1. The highest BCUT2D eigenvalue weighted by Crippen LogP contribution is 2.33. The Balaban J connectivity index is 1.31. The zero-order valence-electron chi connectivity index (χ0n) is 19.4. The van der Waals surface area contributed by atoms with Crippen molar-refractivity contribution in [3.8, 4) is 11.3 Å². The largest absolute Gasteiger partial charge is 0.342 e. The molecular weight excluding hydrogens is 412 g/mol. The lowest BCUT2D eigenvalue weighted by atomic mass is 9.91. The number of likely N-dealkylation sites (tertiary alicyclic amines) is 1. The van der Waals surface area contributed by atoms with Gasteiger partial charge in [0.1, 0.15) is 0 Å². The number of carbonyl (C=O) groups is 1. The summed E-state index contributed by atoms with van der Waals surface area (Å²) in [6.07, 6.45) is 9.68. The maximum atomic E-state index is 13.0. The summed E-state index contributed by atoms with van der Waals surface area (Å²) >= 11 is 0. The molecule has 5 rings (SSSR count). The number of hydrogen-bond acceptors (Lipinski definition) is 5. The second-order valence-corrected chi connectivity index (χ2v) is 9.20. The van der Waals surface area contributed by atoms with Gasteiger partial charge in [-0.05, 0) is 43.7 Å². The predicted octanol–water partition coefficient (Wildman–Crippen LogP) is 3.82. The van der Waals surface area contributed by atoms with Gasteiger partial charge in [-0.2, -0.15) is 5.10 Å². The monoisotopic (exact) mass is 444 g/mol. The number of benzene rings is 1. The second-order valence-electron chi connectivity index (χ2n) is 9.20. The summed E-state index contributed by atoms with van der Waals surface area (Å²) in [5.41, 5.74) is 4.24. The van der Waals surface area contributed by atoms with E-state index in [0.717, 1.165) is 68.3 Å². The van der Waals surface area contributed by atoms with E-state index in [9.17, 15) is 4.79 Å². The first kappa shape index (κ1) is 21.6. The molecule has 33 heavy (non-hydrogen) atoms. The smallest absolute Gasteiger partial charge is 0.225 e. The van der Waals surface area contributed by atoms with Gasteiger partial charge in [-0.15, -0.1) is 0 Å². The summed E-state index contributed by atoms with van der Waals surface area (Å²) < 4.78 is 1.87. The fourth-order valence-corrected chi connectivity index (χ4v) is 5.05. The van der Waals surface area contributed by atoms with E-state index in [1.54, 1.807) is 0 Å². The molecule has 7 heteroatoms. The van der Waals surface area contributed by atoms with E-state index < -0.39 is 0 Å². The van der Waals surface area contributed by atoms with Gasteiger partial charge in [-0.1, -0.05) is 30.3 Å². The first-order valence-electron chi connectivity index (χ1n) is 12.1. The van der Waals surface area contributed by atoms with Gasteiger partial charge in [0.25, 0.3) is 0 Å². The van der Waals surface area contributed by atoms with Crippen molar-refractivity contribution in [3.05, 3.63) is 60.0 Å². The average molecular weight is 445 g/mol. The molecule has 0 N–H and O–H groups in total. The maximum Gasteiger partial charge on any atom is 0.225 e. The molecule has 0 saturated carbocycles. The summed E-state index contributed by atoms with van der Waals surface area (Å²) in [5.74, 6) is 1.27. The number of aromatic nitrogens is 4. The topological polar surface area (TPSA) is 67.2 Å². The highest BCUT2D eigenvalue weighted by atomic mass is 16.2. The van der Waals surface area contributed by atoms with Crippen LogP contribution in [-0.4, -0.2) is 56.7 Å². The Morgan fingerprint density at radius 2 is 1.88 bits per heavy atom. The Bertz CT molecular complexity index is 1090. The summed E-state index contributed by atoms with van der Waals surface area (Å²) in [6.45, 7) is 3.60. The third-order valence-electron chi connectivity index (χ3n) is 6.80. The molecule has 2 aliphatic heterocycles.